The van der Waals surface area contributed by atoms with Gasteiger partial charge in [-0.2, -0.15) is 0 Å². The van der Waals surface area contributed by atoms with Crippen molar-refractivity contribution in [2.24, 2.45) is 0 Å². The molecule has 0 spiro atoms. The van der Waals surface area contributed by atoms with E-state index in [-0.39, 0.29) is 11.7 Å². The molecule has 1 heterocycles. The molecular formula is C21H32FN3O. The first-order chi connectivity index (χ1) is 12.5. The van der Waals surface area contributed by atoms with Crippen molar-refractivity contribution in [3.63, 3.8) is 0 Å². The second kappa shape index (κ2) is 8.96. The van der Waals surface area contributed by atoms with Gasteiger partial charge in [0.05, 0.1) is 6.54 Å². The zero-order valence-electron chi connectivity index (χ0n) is 16.2. The monoisotopic (exact) mass is 361 g/mol. The highest BCUT2D eigenvalue weighted by Gasteiger charge is 2.30. The fourth-order valence-electron chi connectivity index (χ4n) is 4.26. The third-order valence-electron chi connectivity index (χ3n) is 5.94. The summed E-state index contributed by atoms with van der Waals surface area (Å²) in [4.78, 5) is 19.7. The summed E-state index contributed by atoms with van der Waals surface area (Å²) in [6.07, 6.45) is 6.97. The summed E-state index contributed by atoms with van der Waals surface area (Å²) >= 11 is 0. The van der Waals surface area contributed by atoms with E-state index in [2.05, 4.69) is 28.8 Å². The number of likely N-dealkylation sites (N-methyl/N-ethyl adjacent to an activating group) is 1. The fraction of sp³-hybridized carbons (Fsp3) is 0.667. The third-order valence-corrected chi connectivity index (χ3v) is 5.94. The predicted octanol–water partition coefficient (Wildman–Crippen LogP) is 3.12. The van der Waals surface area contributed by atoms with Crippen molar-refractivity contribution in [1.29, 1.82) is 0 Å². The van der Waals surface area contributed by atoms with Crippen LogP contribution >= 0.6 is 0 Å². The molecule has 1 amide bonds. The van der Waals surface area contributed by atoms with Crippen molar-refractivity contribution in [2.75, 3.05) is 33.7 Å². The lowest BCUT2D eigenvalue weighted by Crippen LogP contribution is -2.46. The number of carbonyl (C=O) groups is 1. The average Bonchev–Trinajstić information content (AvgIpc) is 3.10. The molecular weight excluding hydrogens is 329 g/mol. The summed E-state index contributed by atoms with van der Waals surface area (Å²) in [6, 6.07) is 7.45. The summed E-state index contributed by atoms with van der Waals surface area (Å²) in [6.45, 7) is 3.05. The highest BCUT2D eigenvalue weighted by molar-refractivity contribution is 5.78. The lowest BCUT2D eigenvalue weighted by molar-refractivity contribution is -0.136. The second-order valence-electron chi connectivity index (χ2n) is 8.08. The molecule has 1 atom stereocenters. The van der Waals surface area contributed by atoms with Gasteiger partial charge in [-0.3, -0.25) is 9.69 Å². The van der Waals surface area contributed by atoms with Crippen molar-refractivity contribution >= 4 is 5.91 Å². The van der Waals surface area contributed by atoms with Crippen molar-refractivity contribution in [3.05, 3.63) is 35.6 Å². The van der Waals surface area contributed by atoms with Gasteiger partial charge in [-0.05, 0) is 51.1 Å². The smallest absolute Gasteiger partial charge is 0.237 e. The van der Waals surface area contributed by atoms with Crippen LogP contribution in [0.2, 0.25) is 0 Å². The molecule has 1 saturated carbocycles. The maximum absolute atomic E-state index is 13.2. The number of nitrogens with zero attached hydrogens (tertiary/aromatic N) is 3. The first kappa shape index (κ1) is 19.3. The molecule has 2 fully saturated rings. The van der Waals surface area contributed by atoms with E-state index in [0.29, 0.717) is 25.2 Å². The SMILES string of the molecule is CN(C)[C@@H]1CCN(CC(=O)N(Cc2ccc(F)cc2)C2CCCCC2)C1. The number of amides is 1. The molecule has 0 unspecified atom stereocenters. The van der Waals surface area contributed by atoms with Crippen LogP contribution in [0, 0.1) is 5.82 Å². The summed E-state index contributed by atoms with van der Waals surface area (Å²) in [5.74, 6) is -0.00304. The predicted molar refractivity (Wildman–Crippen MR) is 102 cm³/mol. The van der Waals surface area contributed by atoms with E-state index in [1.54, 1.807) is 12.1 Å². The van der Waals surface area contributed by atoms with Gasteiger partial charge in [-0.15, -0.1) is 0 Å². The van der Waals surface area contributed by atoms with Crippen LogP contribution in [-0.2, 0) is 11.3 Å². The molecule has 2 aliphatic rings. The van der Waals surface area contributed by atoms with E-state index in [9.17, 15) is 9.18 Å². The van der Waals surface area contributed by atoms with Gasteiger partial charge in [-0.1, -0.05) is 31.4 Å². The highest BCUT2D eigenvalue weighted by atomic mass is 19.1. The Labute approximate surface area is 157 Å². The lowest BCUT2D eigenvalue weighted by Gasteiger charge is -2.35. The van der Waals surface area contributed by atoms with Gasteiger partial charge >= 0.3 is 0 Å². The Morgan fingerprint density at radius 3 is 2.38 bits per heavy atom. The number of hydrogen-bond acceptors (Lipinski definition) is 3. The molecule has 144 valence electrons. The molecule has 0 aromatic heterocycles. The summed E-state index contributed by atoms with van der Waals surface area (Å²) in [7, 11) is 4.22. The van der Waals surface area contributed by atoms with Gasteiger partial charge in [0.15, 0.2) is 0 Å². The Balaban J connectivity index is 1.66. The number of halogens is 1. The summed E-state index contributed by atoms with van der Waals surface area (Å²) < 4.78 is 13.2. The molecule has 1 saturated heterocycles. The maximum Gasteiger partial charge on any atom is 0.237 e. The quantitative estimate of drug-likeness (QED) is 0.779. The molecule has 4 nitrogen and oxygen atoms in total. The number of carbonyl (C=O) groups excluding carboxylic acids is 1. The van der Waals surface area contributed by atoms with Crippen molar-refractivity contribution in [2.45, 2.75) is 57.2 Å². The van der Waals surface area contributed by atoms with Crippen LogP contribution in [0.1, 0.15) is 44.1 Å². The Bertz CT molecular complexity index is 583. The zero-order valence-corrected chi connectivity index (χ0v) is 16.2. The molecule has 3 rings (SSSR count). The molecule has 1 aromatic carbocycles. The van der Waals surface area contributed by atoms with E-state index in [4.69, 9.17) is 0 Å². The van der Waals surface area contributed by atoms with Crippen LogP contribution in [0.3, 0.4) is 0 Å². The molecule has 0 radical (unpaired) electrons. The Morgan fingerprint density at radius 2 is 1.77 bits per heavy atom. The van der Waals surface area contributed by atoms with Crippen LogP contribution < -0.4 is 0 Å². The van der Waals surface area contributed by atoms with Crippen molar-refractivity contribution in [3.8, 4) is 0 Å². The number of likely N-dealkylation sites (tertiary alicyclic amines) is 1. The standard InChI is InChI=1S/C21H32FN3O/c1-23(2)20-12-13-24(15-20)16-21(26)25(19-6-4-3-5-7-19)14-17-8-10-18(22)11-9-17/h8-11,19-20H,3-7,12-16H2,1-2H3/t20-/m1/s1. The van der Waals surface area contributed by atoms with Crippen LogP contribution in [0.15, 0.2) is 24.3 Å². The highest BCUT2D eigenvalue weighted by Crippen LogP contribution is 2.25. The van der Waals surface area contributed by atoms with Gasteiger partial charge < -0.3 is 9.80 Å². The number of benzene rings is 1. The molecule has 0 N–H and O–H groups in total. The minimum atomic E-state index is -0.226. The zero-order chi connectivity index (χ0) is 18.5. The number of rotatable bonds is 6. The van der Waals surface area contributed by atoms with Crippen LogP contribution in [-0.4, -0.2) is 66.4 Å². The van der Waals surface area contributed by atoms with E-state index in [0.717, 1.165) is 37.9 Å². The molecule has 1 aromatic rings. The molecule has 1 aliphatic heterocycles. The van der Waals surface area contributed by atoms with Crippen LogP contribution in [0.4, 0.5) is 4.39 Å². The van der Waals surface area contributed by atoms with Crippen LogP contribution in [0.25, 0.3) is 0 Å². The van der Waals surface area contributed by atoms with E-state index >= 15 is 0 Å². The topological polar surface area (TPSA) is 26.8 Å². The maximum atomic E-state index is 13.2. The Morgan fingerprint density at radius 1 is 1.08 bits per heavy atom. The number of hydrogen-bond donors (Lipinski definition) is 0. The Hall–Kier alpha value is -1.46. The lowest BCUT2D eigenvalue weighted by atomic mass is 9.93. The second-order valence-corrected chi connectivity index (χ2v) is 8.08. The van der Waals surface area contributed by atoms with Gasteiger partial charge in [0.1, 0.15) is 5.82 Å². The first-order valence-corrected chi connectivity index (χ1v) is 9.95. The fourth-order valence-corrected chi connectivity index (χ4v) is 4.26. The minimum Gasteiger partial charge on any atom is -0.334 e. The summed E-state index contributed by atoms with van der Waals surface area (Å²) in [5.41, 5.74) is 1.01. The van der Waals surface area contributed by atoms with Crippen molar-refractivity contribution < 1.29 is 9.18 Å². The van der Waals surface area contributed by atoms with E-state index in [1.807, 2.05) is 0 Å². The molecule has 26 heavy (non-hydrogen) atoms. The Kier molecular flexibility index (Phi) is 6.65. The molecule has 0 bridgehead atoms. The normalized spacial score (nSPS) is 22.1. The largest absolute Gasteiger partial charge is 0.334 e. The first-order valence-electron chi connectivity index (χ1n) is 9.95. The van der Waals surface area contributed by atoms with Gasteiger partial charge in [0.2, 0.25) is 5.91 Å². The van der Waals surface area contributed by atoms with Crippen LogP contribution in [0.5, 0.6) is 0 Å². The molecule has 1 aliphatic carbocycles. The van der Waals surface area contributed by atoms with E-state index < -0.39 is 0 Å². The summed E-state index contributed by atoms with van der Waals surface area (Å²) in [5, 5.41) is 0. The minimum absolute atomic E-state index is 0.223. The van der Waals surface area contributed by atoms with Gasteiger partial charge in [-0.25, -0.2) is 4.39 Å². The average molecular weight is 362 g/mol. The van der Waals surface area contributed by atoms with Crippen molar-refractivity contribution in [1.82, 2.24) is 14.7 Å². The molecule has 5 heteroatoms. The van der Waals surface area contributed by atoms with Gasteiger partial charge in [0.25, 0.3) is 0 Å². The van der Waals surface area contributed by atoms with Gasteiger partial charge in [0, 0.05) is 31.7 Å². The van der Waals surface area contributed by atoms with E-state index in [1.165, 1.54) is 31.4 Å². The third kappa shape index (κ3) is 5.04.